The fourth-order valence-corrected chi connectivity index (χ4v) is 9.64. The molecular weight excluding hydrogens is 775 g/mol. The molecule has 2 N–H and O–H groups in total. The zero-order valence-corrected chi connectivity index (χ0v) is 34.4. The van der Waals surface area contributed by atoms with Gasteiger partial charge in [-0.2, -0.15) is 5.26 Å². The van der Waals surface area contributed by atoms with Crippen LogP contribution in [-0.2, 0) is 9.59 Å². The lowest BCUT2D eigenvalue weighted by Crippen LogP contribution is -2.59. The number of nitrogens with zero attached hydrogens (tertiary/aromatic N) is 9. The van der Waals surface area contributed by atoms with E-state index in [4.69, 9.17) is 4.98 Å². The van der Waals surface area contributed by atoms with E-state index in [1.54, 1.807) is 24.5 Å². The van der Waals surface area contributed by atoms with Gasteiger partial charge in [-0.05, 0) is 93.6 Å². The molecule has 16 heteroatoms. The highest BCUT2D eigenvalue weighted by Gasteiger charge is 2.45. The first-order chi connectivity index (χ1) is 29.6. The number of nitrogens with one attached hydrogen (secondary N) is 2. The van der Waals surface area contributed by atoms with E-state index in [1.807, 2.05) is 47.4 Å². The highest BCUT2D eigenvalue weighted by atomic mass is 16.2. The molecule has 0 aliphatic carbocycles. The third kappa shape index (κ3) is 7.70. The molecule has 314 valence electrons. The second-order valence-electron chi connectivity index (χ2n) is 16.9. The normalized spacial score (nSPS) is 22.7. The van der Waals surface area contributed by atoms with E-state index in [0.29, 0.717) is 46.9 Å². The molecule has 3 atom stereocenters. The summed E-state index contributed by atoms with van der Waals surface area (Å²) in [5, 5.41) is 15.8. The van der Waals surface area contributed by atoms with E-state index in [0.717, 1.165) is 86.1 Å². The Labute approximate surface area is 354 Å². The van der Waals surface area contributed by atoms with E-state index in [2.05, 4.69) is 55.1 Å². The largest absolute Gasteiger partial charge is 0.369 e. The highest BCUT2D eigenvalue weighted by molar-refractivity contribution is 6.23. The topological polar surface area (TPSA) is 178 Å². The summed E-state index contributed by atoms with van der Waals surface area (Å²) in [6.45, 7) is 11.6. The fourth-order valence-electron chi connectivity index (χ4n) is 9.64. The van der Waals surface area contributed by atoms with E-state index in [9.17, 15) is 29.2 Å². The number of hydrogen-bond donors (Lipinski definition) is 2. The van der Waals surface area contributed by atoms with Gasteiger partial charge in [0.25, 0.3) is 11.8 Å². The number of urea groups is 1. The van der Waals surface area contributed by atoms with Crippen LogP contribution in [0.15, 0.2) is 67.0 Å². The van der Waals surface area contributed by atoms with Gasteiger partial charge >= 0.3 is 6.03 Å². The van der Waals surface area contributed by atoms with Crippen molar-refractivity contribution in [2.24, 2.45) is 5.92 Å². The summed E-state index contributed by atoms with van der Waals surface area (Å²) in [4.78, 5) is 85.6. The monoisotopic (exact) mass is 823 g/mol. The molecule has 0 radical (unpaired) electrons. The predicted molar refractivity (Wildman–Crippen MR) is 229 cm³/mol. The van der Waals surface area contributed by atoms with Crippen LogP contribution in [0.5, 0.6) is 0 Å². The number of anilines is 4. The van der Waals surface area contributed by atoms with Crippen molar-refractivity contribution in [3.63, 3.8) is 0 Å². The molecule has 2 aromatic carbocycles. The van der Waals surface area contributed by atoms with Crippen molar-refractivity contribution in [1.82, 2.24) is 30.0 Å². The third-order valence-corrected chi connectivity index (χ3v) is 13.0. The quantitative estimate of drug-likeness (QED) is 0.256. The smallest absolute Gasteiger partial charge is 0.322 e. The van der Waals surface area contributed by atoms with Gasteiger partial charge in [0.05, 0.1) is 34.1 Å². The van der Waals surface area contributed by atoms with Crippen LogP contribution in [0.25, 0.3) is 10.9 Å². The average Bonchev–Trinajstić information content (AvgIpc) is 3.52. The van der Waals surface area contributed by atoms with Crippen LogP contribution in [0.4, 0.5) is 27.7 Å². The van der Waals surface area contributed by atoms with E-state index in [1.165, 1.54) is 0 Å². The summed E-state index contributed by atoms with van der Waals surface area (Å²) in [7, 11) is 0. The Kier molecular flexibility index (Phi) is 10.7. The molecule has 2 aromatic heterocycles. The first-order valence-electron chi connectivity index (χ1n) is 21.2. The predicted octanol–water partition coefficient (Wildman–Crippen LogP) is 4.07. The molecule has 4 saturated heterocycles. The van der Waals surface area contributed by atoms with E-state index < -0.39 is 29.7 Å². The number of pyridine rings is 2. The van der Waals surface area contributed by atoms with Gasteiger partial charge in [-0.25, -0.2) is 9.78 Å². The molecule has 61 heavy (non-hydrogen) atoms. The van der Waals surface area contributed by atoms with E-state index >= 15 is 0 Å². The van der Waals surface area contributed by atoms with Crippen LogP contribution in [0.2, 0.25) is 0 Å². The summed E-state index contributed by atoms with van der Waals surface area (Å²) < 4.78 is 0. The van der Waals surface area contributed by atoms with Crippen molar-refractivity contribution in [3.05, 3.63) is 83.7 Å². The van der Waals surface area contributed by atoms with Crippen molar-refractivity contribution in [1.29, 1.82) is 5.26 Å². The number of fused-ring (bicyclic) bond motifs is 2. The van der Waals surface area contributed by atoms with Gasteiger partial charge < -0.3 is 24.9 Å². The molecule has 5 aliphatic heterocycles. The Hall–Kier alpha value is -6.60. The van der Waals surface area contributed by atoms with Gasteiger partial charge in [-0.3, -0.25) is 39.3 Å². The number of piperazine rings is 2. The van der Waals surface area contributed by atoms with Crippen molar-refractivity contribution in [2.75, 3.05) is 78.9 Å². The summed E-state index contributed by atoms with van der Waals surface area (Å²) >= 11 is 0. The Morgan fingerprint density at radius 3 is 2.38 bits per heavy atom. The lowest BCUT2D eigenvalue weighted by atomic mass is 9.96. The minimum absolute atomic E-state index is 0.0480. The molecule has 9 rings (SSSR count). The van der Waals surface area contributed by atoms with E-state index in [-0.39, 0.29) is 31.0 Å². The molecule has 16 nitrogen and oxygen atoms in total. The van der Waals surface area contributed by atoms with Gasteiger partial charge in [-0.15, -0.1) is 0 Å². The van der Waals surface area contributed by atoms with Gasteiger partial charge in [0, 0.05) is 100 Å². The summed E-state index contributed by atoms with van der Waals surface area (Å²) in [5.41, 5.74) is 4.39. The standard InChI is InChI=1S/C45H49N11O5/c1-28-26-55(29(2)25-54(28)37-9-5-31(23-46)41-35(37)4-3-15-47-41)45(61)49-32-6-11-39(48-24-32)53-16-13-30(14-17-53)27-51-18-20-52(21-19-51)33-7-8-34-36(22-33)44(60)56(43(34)59)38-10-12-40(57)50-42(38)58/h3-9,11,15,22,24,28-30,38H,10,12-14,16-21,25-27H2,1-2H3,(H,49,61)(H,50,57,58)/t28-,29+,38?/m0/s1. The van der Waals surface area contributed by atoms with Crippen molar-refractivity contribution in [3.8, 4) is 6.07 Å². The first kappa shape index (κ1) is 39.8. The molecule has 1 unspecified atom stereocenters. The number of carbonyl (C=O) groups excluding carboxylic acids is 5. The van der Waals surface area contributed by atoms with Gasteiger partial charge in [0.15, 0.2) is 0 Å². The molecule has 5 aliphatic rings. The van der Waals surface area contributed by atoms with Crippen LogP contribution in [-0.4, -0.2) is 131 Å². The molecule has 0 spiro atoms. The Morgan fingerprint density at radius 1 is 0.852 bits per heavy atom. The summed E-state index contributed by atoms with van der Waals surface area (Å²) in [6.07, 6.45) is 5.78. The Balaban J connectivity index is 0.728. The molecule has 4 aromatic rings. The van der Waals surface area contributed by atoms with Gasteiger partial charge in [-0.1, -0.05) is 0 Å². The maximum Gasteiger partial charge on any atom is 0.322 e. The van der Waals surface area contributed by atoms with Crippen molar-refractivity contribution >= 4 is 63.4 Å². The first-order valence-corrected chi connectivity index (χ1v) is 21.2. The minimum Gasteiger partial charge on any atom is -0.369 e. The highest BCUT2D eigenvalue weighted by Crippen LogP contribution is 2.34. The molecular formula is C45H49N11O5. The SMILES string of the molecule is C[C@@H]1CN(c2ccc(C#N)c3ncccc23)[C@@H](C)CN1C(=O)Nc1ccc(N2CCC(CN3CCN(c4ccc5c(c4)C(=O)N(C4CCC(=O)NC4=O)C5=O)CC3)CC2)nc1. The van der Waals surface area contributed by atoms with Crippen LogP contribution in [0.3, 0.4) is 0 Å². The maximum absolute atomic E-state index is 13.5. The Morgan fingerprint density at radius 2 is 1.64 bits per heavy atom. The molecule has 0 bridgehead atoms. The third-order valence-electron chi connectivity index (χ3n) is 13.0. The van der Waals surface area contributed by atoms with Crippen LogP contribution >= 0.6 is 0 Å². The zero-order valence-electron chi connectivity index (χ0n) is 34.4. The number of carbonyl (C=O) groups is 5. The zero-order chi connectivity index (χ0) is 42.4. The molecule has 0 saturated carbocycles. The molecule has 4 fully saturated rings. The second-order valence-corrected chi connectivity index (χ2v) is 16.9. The van der Waals surface area contributed by atoms with Crippen molar-refractivity contribution in [2.45, 2.75) is 57.7 Å². The molecule has 7 heterocycles. The molecule has 6 amide bonds. The minimum atomic E-state index is -0.976. The number of piperidine rings is 2. The average molecular weight is 824 g/mol. The van der Waals surface area contributed by atoms with Crippen LogP contribution < -0.4 is 25.3 Å². The van der Waals surface area contributed by atoms with Crippen molar-refractivity contribution < 1.29 is 24.0 Å². The second kappa shape index (κ2) is 16.5. The number of hydrogen-bond acceptors (Lipinski definition) is 12. The van der Waals surface area contributed by atoms with Crippen LogP contribution in [0, 0.1) is 17.2 Å². The number of nitriles is 1. The van der Waals surface area contributed by atoms with Gasteiger partial charge in [0.1, 0.15) is 17.9 Å². The lowest BCUT2D eigenvalue weighted by molar-refractivity contribution is -0.136. The number of rotatable bonds is 7. The van der Waals surface area contributed by atoms with Gasteiger partial charge in [0.2, 0.25) is 11.8 Å². The summed E-state index contributed by atoms with van der Waals surface area (Å²) in [5.74, 6) is -0.508. The fraction of sp³-hybridized carbons (Fsp3) is 0.422. The lowest BCUT2D eigenvalue weighted by Gasteiger charge is -2.45. The maximum atomic E-state index is 13.5. The summed E-state index contributed by atoms with van der Waals surface area (Å²) in [6, 6.07) is 18.0. The number of benzene rings is 2. The number of aromatic nitrogens is 2. The number of amides is 6. The number of imide groups is 2. The Bertz CT molecular complexity index is 2440. The van der Waals surface area contributed by atoms with Crippen LogP contribution in [0.1, 0.15) is 65.8 Å².